The molecule has 0 aromatic carbocycles. The van der Waals surface area contributed by atoms with E-state index in [9.17, 15) is 0 Å². The van der Waals surface area contributed by atoms with E-state index in [2.05, 4.69) is 11.7 Å². The maximum atomic E-state index is 5.26. The largest absolute Gasteiger partial charge is 0.367 e. The molecule has 0 N–H and O–H groups in total. The van der Waals surface area contributed by atoms with Crippen LogP contribution < -0.4 is 0 Å². The molecule has 2 unspecified atom stereocenters. The van der Waals surface area contributed by atoms with Crippen molar-refractivity contribution in [3.8, 4) is 0 Å². The number of epoxide rings is 1. The van der Waals surface area contributed by atoms with Crippen molar-refractivity contribution >= 4 is 0 Å². The first-order valence-corrected chi connectivity index (χ1v) is 4.18. The van der Waals surface area contributed by atoms with Gasteiger partial charge in [-0.3, -0.25) is 0 Å². The minimum absolute atomic E-state index is 0.280. The summed E-state index contributed by atoms with van der Waals surface area (Å²) in [6.45, 7) is 3.29. The van der Waals surface area contributed by atoms with E-state index in [0.29, 0.717) is 18.8 Å². The highest BCUT2D eigenvalue weighted by Crippen LogP contribution is 2.24. The number of ether oxygens (including phenoxy) is 4. The molecule has 0 spiro atoms. The third kappa shape index (κ3) is 3.49. The van der Waals surface area contributed by atoms with Crippen molar-refractivity contribution in [3.63, 3.8) is 0 Å². The number of hydrogen-bond acceptors (Lipinski definition) is 4. The Kier molecular flexibility index (Phi) is 4.53. The minimum atomic E-state index is 0.280. The van der Waals surface area contributed by atoms with Gasteiger partial charge in [-0.15, -0.1) is 0 Å². The van der Waals surface area contributed by atoms with E-state index in [4.69, 9.17) is 14.2 Å². The highest BCUT2D eigenvalue weighted by Gasteiger charge is 2.36. The van der Waals surface area contributed by atoms with Gasteiger partial charge in [0.1, 0.15) is 19.7 Å². The van der Waals surface area contributed by atoms with Crippen LogP contribution in [0.5, 0.6) is 0 Å². The van der Waals surface area contributed by atoms with E-state index in [1.807, 2.05) is 0 Å². The van der Waals surface area contributed by atoms with Crippen LogP contribution in [0.1, 0.15) is 13.3 Å². The molecule has 12 heavy (non-hydrogen) atoms. The summed E-state index contributed by atoms with van der Waals surface area (Å²) < 4.78 is 20.0. The zero-order chi connectivity index (χ0) is 8.81. The predicted octanol–water partition coefficient (Wildman–Crippen LogP) is 0.758. The molecule has 0 bridgehead atoms. The van der Waals surface area contributed by atoms with E-state index < -0.39 is 0 Å². The Labute approximate surface area is 72.7 Å². The first-order valence-electron chi connectivity index (χ1n) is 4.18. The molecular weight excluding hydrogens is 160 g/mol. The Morgan fingerprint density at radius 2 is 2.00 bits per heavy atom. The molecule has 0 aromatic heterocycles. The molecular formula is C8H16O4. The number of rotatable bonds is 7. The van der Waals surface area contributed by atoms with E-state index in [1.165, 1.54) is 0 Å². The summed E-state index contributed by atoms with van der Waals surface area (Å²) >= 11 is 0. The predicted molar refractivity (Wildman–Crippen MR) is 42.7 cm³/mol. The van der Waals surface area contributed by atoms with Crippen LogP contribution in [0.15, 0.2) is 0 Å². The average Bonchev–Trinajstić information content (AvgIpc) is 2.83. The molecule has 1 rings (SSSR count). The number of hydrogen-bond donors (Lipinski definition) is 0. The lowest BCUT2D eigenvalue weighted by atomic mass is 10.3. The fourth-order valence-electron chi connectivity index (χ4n) is 1.03. The van der Waals surface area contributed by atoms with Gasteiger partial charge in [-0.05, 0) is 6.42 Å². The van der Waals surface area contributed by atoms with E-state index in [-0.39, 0.29) is 13.6 Å². The third-order valence-electron chi connectivity index (χ3n) is 1.74. The Morgan fingerprint density at radius 3 is 2.58 bits per heavy atom. The van der Waals surface area contributed by atoms with Crippen LogP contribution in [0.4, 0.5) is 0 Å². The summed E-state index contributed by atoms with van der Waals surface area (Å²) in [5.74, 6) is 0. The first-order chi connectivity index (χ1) is 5.88. The summed E-state index contributed by atoms with van der Waals surface area (Å²) in [4.78, 5) is 0. The standard InChI is InChI=1S/C8H16O4/c1-3-7-8(12-7)4-10-6-11-5-9-2/h7-8H,3-6H2,1-2H3. The van der Waals surface area contributed by atoms with E-state index >= 15 is 0 Å². The molecule has 2 atom stereocenters. The molecule has 0 aliphatic carbocycles. The second kappa shape index (κ2) is 5.48. The van der Waals surface area contributed by atoms with E-state index in [1.54, 1.807) is 7.11 Å². The maximum absolute atomic E-state index is 5.26. The lowest BCUT2D eigenvalue weighted by Crippen LogP contribution is -2.08. The van der Waals surface area contributed by atoms with Crippen LogP contribution in [0.3, 0.4) is 0 Å². The van der Waals surface area contributed by atoms with Gasteiger partial charge in [0, 0.05) is 7.11 Å². The van der Waals surface area contributed by atoms with Gasteiger partial charge in [-0.1, -0.05) is 6.92 Å². The van der Waals surface area contributed by atoms with Crippen LogP contribution in [0, 0.1) is 0 Å². The van der Waals surface area contributed by atoms with Gasteiger partial charge >= 0.3 is 0 Å². The van der Waals surface area contributed by atoms with Crippen molar-refractivity contribution < 1.29 is 18.9 Å². The monoisotopic (exact) mass is 176 g/mol. The molecule has 1 aliphatic heterocycles. The molecule has 0 amide bonds. The molecule has 72 valence electrons. The van der Waals surface area contributed by atoms with Gasteiger partial charge in [0.2, 0.25) is 0 Å². The smallest absolute Gasteiger partial charge is 0.149 e. The highest BCUT2D eigenvalue weighted by atomic mass is 16.7. The molecule has 0 saturated carbocycles. The molecule has 4 heteroatoms. The lowest BCUT2D eigenvalue weighted by Gasteiger charge is -2.02. The van der Waals surface area contributed by atoms with Crippen molar-refractivity contribution in [1.82, 2.24) is 0 Å². The van der Waals surface area contributed by atoms with Gasteiger partial charge in [0.15, 0.2) is 0 Å². The summed E-state index contributed by atoms with van der Waals surface area (Å²) in [6.07, 6.45) is 1.76. The second-order valence-electron chi connectivity index (χ2n) is 2.72. The zero-order valence-electron chi connectivity index (χ0n) is 7.62. The van der Waals surface area contributed by atoms with Crippen LogP contribution in [-0.4, -0.2) is 39.5 Å². The molecule has 1 fully saturated rings. The SMILES string of the molecule is CCC1OC1COCOCOC. The highest BCUT2D eigenvalue weighted by molar-refractivity contribution is 4.82. The summed E-state index contributed by atoms with van der Waals surface area (Å²) in [6, 6.07) is 0. The zero-order valence-corrected chi connectivity index (χ0v) is 7.62. The van der Waals surface area contributed by atoms with Gasteiger partial charge in [0.05, 0.1) is 12.7 Å². The van der Waals surface area contributed by atoms with E-state index in [0.717, 1.165) is 6.42 Å². The Balaban J connectivity index is 1.78. The first kappa shape index (κ1) is 9.92. The van der Waals surface area contributed by atoms with Crippen LogP contribution in [0.2, 0.25) is 0 Å². The fourth-order valence-corrected chi connectivity index (χ4v) is 1.03. The van der Waals surface area contributed by atoms with Crippen molar-refractivity contribution in [2.45, 2.75) is 25.6 Å². The molecule has 1 aliphatic rings. The van der Waals surface area contributed by atoms with Crippen molar-refractivity contribution in [2.75, 3.05) is 27.3 Å². The summed E-state index contributed by atoms with van der Waals surface area (Å²) in [7, 11) is 1.58. The number of methoxy groups -OCH3 is 1. The summed E-state index contributed by atoms with van der Waals surface area (Å²) in [5, 5.41) is 0. The second-order valence-corrected chi connectivity index (χ2v) is 2.72. The Bertz CT molecular complexity index is 118. The van der Waals surface area contributed by atoms with Gasteiger partial charge in [-0.2, -0.15) is 0 Å². The third-order valence-corrected chi connectivity index (χ3v) is 1.74. The molecule has 0 radical (unpaired) electrons. The Hall–Kier alpha value is -0.160. The molecule has 0 aromatic rings. The normalized spacial score (nSPS) is 27.5. The van der Waals surface area contributed by atoms with Crippen LogP contribution >= 0.6 is 0 Å². The molecule has 1 heterocycles. The molecule has 1 saturated heterocycles. The fraction of sp³-hybridized carbons (Fsp3) is 1.00. The van der Waals surface area contributed by atoms with Crippen molar-refractivity contribution in [2.24, 2.45) is 0 Å². The quantitative estimate of drug-likeness (QED) is 0.326. The van der Waals surface area contributed by atoms with Crippen molar-refractivity contribution in [3.05, 3.63) is 0 Å². The van der Waals surface area contributed by atoms with Crippen LogP contribution in [-0.2, 0) is 18.9 Å². The maximum Gasteiger partial charge on any atom is 0.149 e. The van der Waals surface area contributed by atoms with Crippen molar-refractivity contribution in [1.29, 1.82) is 0 Å². The average molecular weight is 176 g/mol. The minimum Gasteiger partial charge on any atom is -0.367 e. The van der Waals surface area contributed by atoms with Gasteiger partial charge < -0.3 is 18.9 Å². The van der Waals surface area contributed by atoms with Crippen LogP contribution in [0.25, 0.3) is 0 Å². The van der Waals surface area contributed by atoms with Gasteiger partial charge in [-0.25, -0.2) is 0 Å². The molecule has 4 nitrogen and oxygen atoms in total. The lowest BCUT2D eigenvalue weighted by molar-refractivity contribution is -0.122. The Morgan fingerprint density at radius 1 is 1.17 bits per heavy atom. The summed E-state index contributed by atoms with van der Waals surface area (Å²) in [5.41, 5.74) is 0. The van der Waals surface area contributed by atoms with Gasteiger partial charge in [0.25, 0.3) is 0 Å². The topological polar surface area (TPSA) is 40.2 Å².